The van der Waals surface area contributed by atoms with Gasteiger partial charge < -0.3 is 9.73 Å². The molecule has 1 aromatic carbocycles. The molecule has 2 nitrogen and oxygen atoms in total. The van der Waals surface area contributed by atoms with Crippen molar-refractivity contribution in [2.24, 2.45) is 5.92 Å². The predicted octanol–water partition coefficient (Wildman–Crippen LogP) is 4.44. The summed E-state index contributed by atoms with van der Waals surface area (Å²) in [7, 11) is 2.01. The standard InChI is InChI=1S/C16H23NO/c1-5-7-11(2)15(17-4)14-10-13-9-6-8-12(3)16(13)18-14/h6,8-11,15,17H,5,7H2,1-4H3. The van der Waals surface area contributed by atoms with Crippen LogP contribution in [0.3, 0.4) is 0 Å². The maximum absolute atomic E-state index is 6.06. The van der Waals surface area contributed by atoms with Crippen LogP contribution < -0.4 is 5.32 Å². The number of para-hydroxylation sites is 1. The van der Waals surface area contributed by atoms with Crippen molar-refractivity contribution in [3.63, 3.8) is 0 Å². The van der Waals surface area contributed by atoms with Crippen LogP contribution in [0.1, 0.15) is 44.1 Å². The third kappa shape index (κ3) is 2.44. The number of benzene rings is 1. The Morgan fingerprint density at radius 1 is 1.33 bits per heavy atom. The molecule has 0 saturated heterocycles. The molecular weight excluding hydrogens is 222 g/mol. The molecule has 0 bridgehead atoms. The molecule has 1 heterocycles. The molecule has 2 unspecified atom stereocenters. The molecule has 2 atom stereocenters. The van der Waals surface area contributed by atoms with Gasteiger partial charge in [-0.25, -0.2) is 0 Å². The molecule has 0 spiro atoms. The second-order valence-corrected chi connectivity index (χ2v) is 5.17. The first-order valence-corrected chi connectivity index (χ1v) is 6.83. The lowest BCUT2D eigenvalue weighted by Gasteiger charge is -2.20. The van der Waals surface area contributed by atoms with Gasteiger partial charge in [0.05, 0.1) is 6.04 Å². The van der Waals surface area contributed by atoms with Crippen molar-refractivity contribution in [3.05, 3.63) is 35.6 Å². The van der Waals surface area contributed by atoms with Crippen LogP contribution in [-0.4, -0.2) is 7.05 Å². The average Bonchev–Trinajstić information content (AvgIpc) is 2.75. The van der Waals surface area contributed by atoms with Gasteiger partial charge in [-0.05, 0) is 37.9 Å². The van der Waals surface area contributed by atoms with Crippen LogP contribution in [0.5, 0.6) is 0 Å². The van der Waals surface area contributed by atoms with E-state index in [1.807, 2.05) is 7.05 Å². The highest BCUT2D eigenvalue weighted by Gasteiger charge is 2.21. The summed E-state index contributed by atoms with van der Waals surface area (Å²) in [5.41, 5.74) is 2.23. The highest BCUT2D eigenvalue weighted by Crippen LogP contribution is 2.31. The molecule has 2 heteroatoms. The van der Waals surface area contributed by atoms with E-state index in [-0.39, 0.29) is 0 Å². The Morgan fingerprint density at radius 3 is 2.72 bits per heavy atom. The molecule has 0 radical (unpaired) electrons. The SMILES string of the molecule is CCCC(C)C(NC)c1cc2cccc(C)c2o1. The highest BCUT2D eigenvalue weighted by atomic mass is 16.3. The topological polar surface area (TPSA) is 25.2 Å². The molecule has 98 valence electrons. The quantitative estimate of drug-likeness (QED) is 0.842. The molecule has 0 aliphatic rings. The molecule has 18 heavy (non-hydrogen) atoms. The molecule has 0 saturated carbocycles. The Balaban J connectivity index is 2.37. The van der Waals surface area contributed by atoms with Gasteiger partial charge in [0.25, 0.3) is 0 Å². The van der Waals surface area contributed by atoms with Crippen molar-refractivity contribution in [2.75, 3.05) is 7.05 Å². The highest BCUT2D eigenvalue weighted by molar-refractivity contribution is 5.81. The first-order valence-electron chi connectivity index (χ1n) is 6.83. The van der Waals surface area contributed by atoms with E-state index in [0.29, 0.717) is 12.0 Å². The minimum Gasteiger partial charge on any atom is -0.459 e. The third-order valence-electron chi connectivity index (χ3n) is 3.69. The van der Waals surface area contributed by atoms with Gasteiger partial charge in [0.15, 0.2) is 0 Å². The van der Waals surface area contributed by atoms with Crippen LogP contribution in [-0.2, 0) is 0 Å². The number of fused-ring (bicyclic) bond motifs is 1. The van der Waals surface area contributed by atoms with Crippen LogP contribution in [0, 0.1) is 12.8 Å². The fraction of sp³-hybridized carbons (Fsp3) is 0.500. The minimum absolute atomic E-state index is 0.303. The zero-order valence-corrected chi connectivity index (χ0v) is 11.8. The number of hydrogen-bond acceptors (Lipinski definition) is 2. The Morgan fingerprint density at radius 2 is 2.11 bits per heavy atom. The number of furan rings is 1. The molecule has 0 fully saturated rings. The molecule has 2 aromatic rings. The van der Waals surface area contributed by atoms with E-state index in [2.05, 4.69) is 50.4 Å². The molecule has 2 rings (SSSR count). The maximum atomic E-state index is 6.06. The van der Waals surface area contributed by atoms with E-state index in [4.69, 9.17) is 4.42 Å². The van der Waals surface area contributed by atoms with Crippen LogP contribution in [0.4, 0.5) is 0 Å². The second kappa shape index (κ2) is 5.57. The van der Waals surface area contributed by atoms with Gasteiger partial charge in [0.2, 0.25) is 0 Å². The number of nitrogens with one attached hydrogen (secondary N) is 1. The number of aryl methyl sites for hydroxylation is 1. The Bertz CT molecular complexity index is 515. The molecular formula is C16H23NO. The zero-order chi connectivity index (χ0) is 13.1. The number of hydrogen-bond donors (Lipinski definition) is 1. The lowest BCUT2D eigenvalue weighted by Crippen LogP contribution is -2.22. The average molecular weight is 245 g/mol. The van der Waals surface area contributed by atoms with Gasteiger partial charge in [-0.1, -0.05) is 38.5 Å². The van der Waals surface area contributed by atoms with Crippen LogP contribution in [0.25, 0.3) is 11.0 Å². The minimum atomic E-state index is 0.303. The van der Waals surface area contributed by atoms with Gasteiger partial charge in [0, 0.05) is 5.39 Å². The van der Waals surface area contributed by atoms with Crippen molar-refractivity contribution in [1.82, 2.24) is 5.32 Å². The largest absolute Gasteiger partial charge is 0.459 e. The van der Waals surface area contributed by atoms with Gasteiger partial charge in [-0.15, -0.1) is 0 Å². The normalized spacial score (nSPS) is 14.9. The molecule has 0 amide bonds. The molecule has 0 aliphatic carbocycles. The van der Waals surface area contributed by atoms with Gasteiger partial charge >= 0.3 is 0 Å². The van der Waals surface area contributed by atoms with E-state index in [0.717, 1.165) is 11.3 Å². The summed E-state index contributed by atoms with van der Waals surface area (Å²) in [6.07, 6.45) is 2.42. The van der Waals surface area contributed by atoms with E-state index in [1.165, 1.54) is 23.8 Å². The van der Waals surface area contributed by atoms with Gasteiger partial charge in [-0.2, -0.15) is 0 Å². The summed E-state index contributed by atoms with van der Waals surface area (Å²) in [5, 5.41) is 4.59. The fourth-order valence-corrected chi connectivity index (χ4v) is 2.71. The van der Waals surface area contributed by atoms with E-state index in [9.17, 15) is 0 Å². The predicted molar refractivity (Wildman–Crippen MR) is 76.8 cm³/mol. The lowest BCUT2D eigenvalue weighted by molar-refractivity contribution is 0.333. The van der Waals surface area contributed by atoms with E-state index in [1.54, 1.807) is 0 Å². The lowest BCUT2D eigenvalue weighted by atomic mass is 9.95. The van der Waals surface area contributed by atoms with Crippen molar-refractivity contribution in [3.8, 4) is 0 Å². The van der Waals surface area contributed by atoms with Crippen molar-refractivity contribution < 1.29 is 4.42 Å². The van der Waals surface area contributed by atoms with Crippen molar-refractivity contribution in [1.29, 1.82) is 0 Å². The van der Waals surface area contributed by atoms with Crippen LogP contribution in [0.15, 0.2) is 28.7 Å². The summed E-state index contributed by atoms with van der Waals surface area (Å²) in [4.78, 5) is 0. The fourth-order valence-electron chi connectivity index (χ4n) is 2.71. The summed E-state index contributed by atoms with van der Waals surface area (Å²) in [6, 6.07) is 8.78. The molecule has 1 aromatic heterocycles. The second-order valence-electron chi connectivity index (χ2n) is 5.17. The van der Waals surface area contributed by atoms with Crippen molar-refractivity contribution in [2.45, 2.75) is 39.7 Å². The van der Waals surface area contributed by atoms with E-state index < -0.39 is 0 Å². The van der Waals surface area contributed by atoms with Gasteiger partial charge in [-0.3, -0.25) is 0 Å². The zero-order valence-electron chi connectivity index (χ0n) is 11.8. The Labute approximate surface area is 109 Å². The van der Waals surface area contributed by atoms with Crippen LogP contribution in [0.2, 0.25) is 0 Å². The summed E-state index contributed by atoms with van der Waals surface area (Å²) >= 11 is 0. The van der Waals surface area contributed by atoms with Gasteiger partial charge in [0.1, 0.15) is 11.3 Å². The monoisotopic (exact) mass is 245 g/mol. The Hall–Kier alpha value is -1.28. The maximum Gasteiger partial charge on any atom is 0.137 e. The number of rotatable bonds is 5. The first kappa shape index (κ1) is 13.2. The smallest absolute Gasteiger partial charge is 0.137 e. The third-order valence-corrected chi connectivity index (χ3v) is 3.69. The summed E-state index contributed by atoms with van der Waals surface area (Å²) < 4.78 is 6.06. The van der Waals surface area contributed by atoms with E-state index >= 15 is 0 Å². The Kier molecular flexibility index (Phi) is 4.07. The summed E-state index contributed by atoms with van der Waals surface area (Å²) in [5.74, 6) is 1.64. The van der Waals surface area contributed by atoms with Crippen LogP contribution >= 0.6 is 0 Å². The molecule has 0 aliphatic heterocycles. The summed E-state index contributed by atoms with van der Waals surface area (Å²) in [6.45, 7) is 6.61. The molecule has 1 N–H and O–H groups in total. The van der Waals surface area contributed by atoms with Crippen molar-refractivity contribution >= 4 is 11.0 Å². The first-order chi connectivity index (χ1) is 8.67.